The van der Waals surface area contributed by atoms with Crippen LogP contribution in [0.2, 0.25) is 0 Å². The van der Waals surface area contributed by atoms with Crippen molar-refractivity contribution in [1.82, 2.24) is 10.3 Å². The number of hydrogen-bond acceptors (Lipinski definition) is 3. The van der Waals surface area contributed by atoms with Crippen LogP contribution >= 0.6 is 0 Å². The molecular formula is C11H17N3O. The topological polar surface area (TPSA) is 54.0 Å². The van der Waals surface area contributed by atoms with E-state index in [1.165, 1.54) is 0 Å². The minimum absolute atomic E-state index is 0.0738. The van der Waals surface area contributed by atoms with Crippen molar-refractivity contribution >= 4 is 11.7 Å². The van der Waals surface area contributed by atoms with Crippen molar-refractivity contribution in [3.8, 4) is 0 Å². The second-order valence-electron chi connectivity index (χ2n) is 3.42. The van der Waals surface area contributed by atoms with Gasteiger partial charge < -0.3 is 10.6 Å². The van der Waals surface area contributed by atoms with E-state index in [1.807, 2.05) is 32.0 Å². The monoisotopic (exact) mass is 207 g/mol. The molecule has 0 radical (unpaired) electrons. The maximum Gasteiger partial charge on any atom is 0.219 e. The molecule has 2 N–H and O–H groups in total. The van der Waals surface area contributed by atoms with E-state index in [0.717, 1.165) is 5.82 Å². The molecule has 0 aliphatic carbocycles. The van der Waals surface area contributed by atoms with E-state index in [2.05, 4.69) is 15.6 Å². The first-order valence-electron chi connectivity index (χ1n) is 5.16. The van der Waals surface area contributed by atoms with Crippen LogP contribution in [0.3, 0.4) is 0 Å². The second kappa shape index (κ2) is 6.01. The van der Waals surface area contributed by atoms with Crippen molar-refractivity contribution in [1.29, 1.82) is 0 Å². The van der Waals surface area contributed by atoms with Crippen LogP contribution < -0.4 is 10.6 Å². The van der Waals surface area contributed by atoms with E-state index in [4.69, 9.17) is 0 Å². The van der Waals surface area contributed by atoms with Crippen LogP contribution in [-0.4, -0.2) is 23.5 Å². The lowest BCUT2D eigenvalue weighted by atomic mass is 10.3. The smallest absolute Gasteiger partial charge is 0.219 e. The molecule has 1 amide bonds. The molecule has 1 aromatic rings. The molecule has 4 heteroatoms. The lowest BCUT2D eigenvalue weighted by Gasteiger charge is -2.14. The number of rotatable bonds is 5. The first kappa shape index (κ1) is 11.5. The molecular weight excluding hydrogens is 190 g/mol. The van der Waals surface area contributed by atoms with Gasteiger partial charge in [0.05, 0.1) is 0 Å². The summed E-state index contributed by atoms with van der Waals surface area (Å²) in [5, 5.41) is 6.02. The van der Waals surface area contributed by atoms with Crippen LogP contribution in [0, 0.1) is 0 Å². The van der Waals surface area contributed by atoms with E-state index in [9.17, 15) is 4.79 Å². The van der Waals surface area contributed by atoms with Crippen LogP contribution in [-0.2, 0) is 4.79 Å². The molecule has 0 saturated carbocycles. The number of carbonyl (C=O) groups is 1. The lowest BCUT2D eigenvalue weighted by molar-refractivity contribution is -0.120. The number of aromatic nitrogens is 1. The van der Waals surface area contributed by atoms with Crippen molar-refractivity contribution in [2.24, 2.45) is 0 Å². The highest BCUT2D eigenvalue weighted by Crippen LogP contribution is 2.01. The zero-order valence-electron chi connectivity index (χ0n) is 9.16. The Morgan fingerprint density at radius 2 is 2.33 bits per heavy atom. The summed E-state index contributed by atoms with van der Waals surface area (Å²) < 4.78 is 0. The van der Waals surface area contributed by atoms with Crippen LogP contribution in [0.15, 0.2) is 24.4 Å². The summed E-state index contributed by atoms with van der Waals surface area (Å²) in [4.78, 5) is 15.2. The molecule has 1 unspecified atom stereocenters. The Bertz CT molecular complexity index is 300. The SMILES string of the molecule is CCC(=O)NCC(C)Nc1ccccn1. The van der Waals surface area contributed by atoms with E-state index < -0.39 is 0 Å². The Labute approximate surface area is 90.1 Å². The highest BCUT2D eigenvalue weighted by atomic mass is 16.1. The van der Waals surface area contributed by atoms with Gasteiger partial charge in [-0.15, -0.1) is 0 Å². The third-order valence-corrected chi connectivity index (χ3v) is 1.99. The zero-order chi connectivity index (χ0) is 11.1. The summed E-state index contributed by atoms with van der Waals surface area (Å²) in [6.45, 7) is 4.46. The predicted octanol–water partition coefficient (Wildman–Crippen LogP) is 1.41. The average molecular weight is 207 g/mol. The second-order valence-corrected chi connectivity index (χ2v) is 3.42. The molecule has 1 heterocycles. The van der Waals surface area contributed by atoms with E-state index in [0.29, 0.717) is 13.0 Å². The van der Waals surface area contributed by atoms with Crippen molar-refractivity contribution < 1.29 is 4.79 Å². The number of nitrogens with one attached hydrogen (secondary N) is 2. The Hall–Kier alpha value is -1.58. The van der Waals surface area contributed by atoms with Gasteiger partial charge in [-0.05, 0) is 19.1 Å². The fourth-order valence-electron chi connectivity index (χ4n) is 1.14. The summed E-state index contributed by atoms with van der Waals surface area (Å²) in [7, 11) is 0. The van der Waals surface area contributed by atoms with E-state index in [1.54, 1.807) is 6.20 Å². The Morgan fingerprint density at radius 3 is 2.93 bits per heavy atom. The Balaban J connectivity index is 2.30. The maximum absolute atomic E-state index is 11.0. The van der Waals surface area contributed by atoms with Gasteiger partial charge in [0.25, 0.3) is 0 Å². The first-order chi connectivity index (χ1) is 7.22. The fraction of sp³-hybridized carbons (Fsp3) is 0.455. The normalized spacial score (nSPS) is 11.9. The third kappa shape index (κ3) is 4.44. The summed E-state index contributed by atoms with van der Waals surface area (Å²) >= 11 is 0. The first-order valence-corrected chi connectivity index (χ1v) is 5.16. The van der Waals surface area contributed by atoms with Crippen molar-refractivity contribution in [2.75, 3.05) is 11.9 Å². The molecule has 0 aliphatic heterocycles. The molecule has 1 rings (SSSR count). The summed E-state index contributed by atoms with van der Waals surface area (Å²) in [5.74, 6) is 0.903. The fourth-order valence-corrected chi connectivity index (χ4v) is 1.14. The molecule has 0 spiro atoms. The van der Waals surface area contributed by atoms with Gasteiger partial charge in [-0.1, -0.05) is 13.0 Å². The number of nitrogens with zero attached hydrogens (tertiary/aromatic N) is 1. The van der Waals surface area contributed by atoms with Gasteiger partial charge in [0.15, 0.2) is 0 Å². The molecule has 1 atom stereocenters. The van der Waals surface area contributed by atoms with Gasteiger partial charge in [-0.25, -0.2) is 4.98 Å². The lowest BCUT2D eigenvalue weighted by Crippen LogP contribution is -2.34. The van der Waals surface area contributed by atoms with Crippen LogP contribution in [0.4, 0.5) is 5.82 Å². The number of hydrogen-bond donors (Lipinski definition) is 2. The van der Waals surface area contributed by atoms with Crippen molar-refractivity contribution in [3.63, 3.8) is 0 Å². The molecule has 15 heavy (non-hydrogen) atoms. The molecule has 1 aromatic heterocycles. The number of carbonyl (C=O) groups excluding carboxylic acids is 1. The third-order valence-electron chi connectivity index (χ3n) is 1.99. The van der Waals surface area contributed by atoms with Crippen LogP contribution in [0.5, 0.6) is 0 Å². The standard InChI is InChI=1S/C11H17N3O/c1-3-11(15)13-8-9(2)14-10-6-4-5-7-12-10/h4-7,9H,3,8H2,1-2H3,(H,12,14)(H,13,15). The number of anilines is 1. The highest BCUT2D eigenvalue weighted by molar-refractivity contribution is 5.75. The number of amides is 1. The molecule has 0 saturated heterocycles. The Kier molecular flexibility index (Phi) is 4.60. The van der Waals surface area contributed by atoms with Gasteiger partial charge in [-0.3, -0.25) is 4.79 Å². The van der Waals surface area contributed by atoms with Crippen LogP contribution in [0.25, 0.3) is 0 Å². The summed E-state index contributed by atoms with van der Waals surface area (Å²) in [6.07, 6.45) is 2.26. The van der Waals surface area contributed by atoms with Crippen molar-refractivity contribution in [2.45, 2.75) is 26.3 Å². The minimum atomic E-state index is 0.0738. The van der Waals surface area contributed by atoms with Crippen molar-refractivity contribution in [3.05, 3.63) is 24.4 Å². The molecule has 0 fully saturated rings. The van der Waals surface area contributed by atoms with Gasteiger partial charge in [0.2, 0.25) is 5.91 Å². The molecule has 0 bridgehead atoms. The molecule has 0 aromatic carbocycles. The minimum Gasteiger partial charge on any atom is -0.366 e. The maximum atomic E-state index is 11.0. The van der Waals surface area contributed by atoms with Gasteiger partial charge >= 0.3 is 0 Å². The Morgan fingerprint density at radius 1 is 1.53 bits per heavy atom. The average Bonchev–Trinajstić information content (AvgIpc) is 2.27. The predicted molar refractivity (Wildman–Crippen MR) is 60.6 cm³/mol. The van der Waals surface area contributed by atoms with Gasteiger partial charge in [-0.2, -0.15) is 0 Å². The summed E-state index contributed by atoms with van der Waals surface area (Å²) in [5.41, 5.74) is 0. The number of pyridine rings is 1. The molecule has 4 nitrogen and oxygen atoms in total. The summed E-state index contributed by atoms with van der Waals surface area (Å²) in [6, 6.07) is 5.87. The highest BCUT2D eigenvalue weighted by Gasteiger charge is 2.03. The molecule has 82 valence electrons. The van der Waals surface area contributed by atoms with Gasteiger partial charge in [0.1, 0.15) is 5.82 Å². The van der Waals surface area contributed by atoms with E-state index >= 15 is 0 Å². The largest absolute Gasteiger partial charge is 0.366 e. The quantitative estimate of drug-likeness (QED) is 0.767. The van der Waals surface area contributed by atoms with Crippen LogP contribution in [0.1, 0.15) is 20.3 Å². The molecule has 0 aliphatic rings. The van der Waals surface area contributed by atoms with E-state index in [-0.39, 0.29) is 11.9 Å². The van der Waals surface area contributed by atoms with Gasteiger partial charge in [0, 0.05) is 25.2 Å². The zero-order valence-corrected chi connectivity index (χ0v) is 9.16.